The van der Waals surface area contributed by atoms with Crippen molar-refractivity contribution in [3.05, 3.63) is 53.6 Å². The first-order valence-corrected chi connectivity index (χ1v) is 8.19. The van der Waals surface area contributed by atoms with E-state index in [0.29, 0.717) is 11.3 Å². The first kappa shape index (κ1) is 17.3. The van der Waals surface area contributed by atoms with Crippen LogP contribution < -0.4 is 14.2 Å². The number of carbonyl (C=O) groups is 1. The first-order chi connectivity index (χ1) is 11.4. The number of rotatable bonds is 5. The minimum atomic E-state index is -4.07. The van der Waals surface area contributed by atoms with Gasteiger partial charge < -0.3 is 9.47 Å². The molecule has 7 nitrogen and oxygen atoms in total. The summed E-state index contributed by atoms with van der Waals surface area (Å²) in [4.78, 5) is 12.1. The van der Waals surface area contributed by atoms with E-state index < -0.39 is 15.9 Å². The minimum absolute atomic E-state index is 0.0514. The average molecular weight is 346 g/mol. The Bertz CT molecular complexity index is 899. The second kappa shape index (κ2) is 7.02. The smallest absolute Gasteiger partial charge is 0.268 e. The third kappa shape index (κ3) is 3.64. The van der Waals surface area contributed by atoms with Gasteiger partial charge in [0.05, 0.1) is 36.3 Å². The Morgan fingerprint density at radius 2 is 1.75 bits per heavy atom. The molecule has 2 rings (SSSR count). The van der Waals surface area contributed by atoms with Crippen LogP contribution in [0, 0.1) is 11.3 Å². The van der Waals surface area contributed by atoms with Gasteiger partial charge in [-0.15, -0.1) is 0 Å². The molecule has 0 saturated carbocycles. The van der Waals surface area contributed by atoms with Crippen LogP contribution in [0.1, 0.15) is 15.9 Å². The maximum Gasteiger partial charge on any atom is 0.268 e. The molecule has 0 aliphatic rings. The zero-order valence-electron chi connectivity index (χ0n) is 12.9. The third-order valence-corrected chi connectivity index (χ3v) is 4.52. The Balaban J connectivity index is 2.29. The summed E-state index contributed by atoms with van der Waals surface area (Å²) in [6.45, 7) is 0. The molecule has 0 spiro atoms. The largest absolute Gasteiger partial charge is 0.497 e. The van der Waals surface area contributed by atoms with Gasteiger partial charge in [0.25, 0.3) is 15.9 Å². The van der Waals surface area contributed by atoms with Crippen LogP contribution in [0.3, 0.4) is 0 Å². The number of nitriles is 1. The normalized spacial score (nSPS) is 10.5. The average Bonchev–Trinajstić information content (AvgIpc) is 2.60. The summed E-state index contributed by atoms with van der Waals surface area (Å²) >= 11 is 0. The number of sulfonamides is 1. The predicted molar refractivity (Wildman–Crippen MR) is 85.4 cm³/mol. The van der Waals surface area contributed by atoms with Gasteiger partial charge in [-0.1, -0.05) is 0 Å². The number of hydrogen-bond donors (Lipinski definition) is 1. The fourth-order valence-electron chi connectivity index (χ4n) is 1.93. The molecule has 0 aliphatic heterocycles. The molecule has 1 amide bonds. The molecule has 0 aromatic heterocycles. The number of methoxy groups -OCH3 is 2. The molecule has 124 valence electrons. The van der Waals surface area contributed by atoms with Gasteiger partial charge in [0.2, 0.25) is 0 Å². The van der Waals surface area contributed by atoms with Crippen LogP contribution in [-0.2, 0) is 10.0 Å². The molecule has 0 aliphatic carbocycles. The highest BCUT2D eigenvalue weighted by Crippen LogP contribution is 2.25. The minimum Gasteiger partial charge on any atom is -0.497 e. The van der Waals surface area contributed by atoms with Crippen molar-refractivity contribution in [3.8, 4) is 17.6 Å². The highest BCUT2D eigenvalue weighted by molar-refractivity contribution is 7.90. The molecule has 0 atom stereocenters. The first-order valence-electron chi connectivity index (χ1n) is 6.70. The summed E-state index contributed by atoms with van der Waals surface area (Å²) in [6, 6.07) is 11.5. The highest BCUT2D eigenvalue weighted by atomic mass is 32.2. The fraction of sp³-hybridized carbons (Fsp3) is 0.125. The molecule has 0 fully saturated rings. The molecule has 0 bridgehead atoms. The summed E-state index contributed by atoms with van der Waals surface area (Å²) in [7, 11) is -1.25. The Labute approximate surface area is 139 Å². The zero-order chi connectivity index (χ0) is 17.7. The fourth-order valence-corrected chi connectivity index (χ4v) is 2.90. The van der Waals surface area contributed by atoms with Crippen molar-refractivity contribution >= 4 is 15.9 Å². The van der Waals surface area contributed by atoms with Gasteiger partial charge in [-0.25, -0.2) is 13.1 Å². The molecule has 8 heteroatoms. The molecule has 0 saturated heterocycles. The van der Waals surface area contributed by atoms with Crippen LogP contribution in [0.15, 0.2) is 47.4 Å². The summed E-state index contributed by atoms with van der Waals surface area (Å²) < 4.78 is 36.6. The molecule has 2 aromatic carbocycles. The molecule has 0 heterocycles. The van der Waals surface area contributed by atoms with E-state index in [1.54, 1.807) is 0 Å². The number of amides is 1. The van der Waals surface area contributed by atoms with Gasteiger partial charge in [-0.2, -0.15) is 5.26 Å². The number of nitrogens with zero attached hydrogens (tertiary/aromatic N) is 1. The van der Waals surface area contributed by atoms with Crippen LogP contribution in [0.25, 0.3) is 0 Å². The molecule has 0 unspecified atom stereocenters. The number of benzene rings is 2. The Kier molecular flexibility index (Phi) is 5.06. The van der Waals surface area contributed by atoms with E-state index in [1.165, 1.54) is 56.7 Å². The lowest BCUT2D eigenvalue weighted by atomic mass is 10.2. The van der Waals surface area contributed by atoms with Gasteiger partial charge in [0.1, 0.15) is 11.5 Å². The molecule has 0 radical (unpaired) electrons. The van der Waals surface area contributed by atoms with Crippen molar-refractivity contribution < 1.29 is 22.7 Å². The van der Waals surface area contributed by atoms with Crippen LogP contribution in [0.4, 0.5) is 0 Å². The van der Waals surface area contributed by atoms with Gasteiger partial charge in [-0.05, 0) is 36.4 Å². The summed E-state index contributed by atoms with van der Waals surface area (Å²) in [5.41, 5.74) is 0.368. The molecule has 1 N–H and O–H groups in total. The van der Waals surface area contributed by atoms with Crippen molar-refractivity contribution in [2.75, 3.05) is 14.2 Å². The molecule has 24 heavy (non-hydrogen) atoms. The number of hydrogen-bond acceptors (Lipinski definition) is 6. The van der Waals surface area contributed by atoms with E-state index in [2.05, 4.69) is 0 Å². The lowest BCUT2D eigenvalue weighted by Gasteiger charge is -2.11. The second-order valence-electron chi connectivity index (χ2n) is 4.64. The lowest BCUT2D eigenvalue weighted by Crippen LogP contribution is -2.30. The summed E-state index contributed by atoms with van der Waals surface area (Å²) in [6.07, 6.45) is 0. The maximum atomic E-state index is 12.3. The highest BCUT2D eigenvalue weighted by Gasteiger charge is 2.21. The SMILES string of the molecule is COc1ccc(C(=O)NS(=O)(=O)c2ccc(C#N)cc2)c(OC)c1. The third-order valence-electron chi connectivity index (χ3n) is 3.17. The van der Waals surface area contributed by atoms with E-state index in [1.807, 2.05) is 10.8 Å². The molecule has 2 aromatic rings. The molecular weight excluding hydrogens is 332 g/mol. The van der Waals surface area contributed by atoms with Crippen molar-refractivity contribution in [2.45, 2.75) is 4.90 Å². The predicted octanol–water partition coefficient (Wildman–Crippen LogP) is 1.69. The maximum absolute atomic E-state index is 12.3. The molecular formula is C16H14N2O5S. The number of carbonyl (C=O) groups excluding carboxylic acids is 1. The van der Waals surface area contributed by atoms with E-state index in [4.69, 9.17) is 14.7 Å². The van der Waals surface area contributed by atoms with E-state index in [0.717, 1.165) is 0 Å². The summed E-state index contributed by atoms with van der Waals surface area (Å²) in [5, 5.41) is 8.73. The number of ether oxygens (including phenoxy) is 2. The van der Waals surface area contributed by atoms with Crippen molar-refractivity contribution in [2.24, 2.45) is 0 Å². The van der Waals surface area contributed by atoms with E-state index in [-0.39, 0.29) is 16.2 Å². The second-order valence-corrected chi connectivity index (χ2v) is 6.32. The van der Waals surface area contributed by atoms with Gasteiger partial charge in [0.15, 0.2) is 0 Å². The van der Waals surface area contributed by atoms with Gasteiger partial charge in [0, 0.05) is 6.07 Å². The summed E-state index contributed by atoms with van der Waals surface area (Å²) in [5.74, 6) is -0.181. The van der Waals surface area contributed by atoms with Crippen LogP contribution in [0.5, 0.6) is 11.5 Å². The van der Waals surface area contributed by atoms with Crippen LogP contribution in [-0.4, -0.2) is 28.5 Å². The standard InChI is InChI=1S/C16H14N2O5S/c1-22-12-5-8-14(15(9-12)23-2)16(19)18-24(20,21)13-6-3-11(10-17)4-7-13/h3-9H,1-2H3,(H,18,19). The van der Waals surface area contributed by atoms with Crippen molar-refractivity contribution in [1.82, 2.24) is 4.72 Å². The van der Waals surface area contributed by atoms with Crippen LogP contribution in [0.2, 0.25) is 0 Å². The topological polar surface area (TPSA) is 105 Å². The lowest BCUT2D eigenvalue weighted by molar-refractivity contribution is 0.0978. The Hall–Kier alpha value is -3.05. The Morgan fingerprint density at radius 3 is 2.29 bits per heavy atom. The Morgan fingerprint density at radius 1 is 1.08 bits per heavy atom. The van der Waals surface area contributed by atoms with Gasteiger partial charge >= 0.3 is 0 Å². The van der Waals surface area contributed by atoms with Crippen molar-refractivity contribution in [1.29, 1.82) is 5.26 Å². The van der Waals surface area contributed by atoms with Crippen LogP contribution >= 0.6 is 0 Å². The van der Waals surface area contributed by atoms with Crippen molar-refractivity contribution in [3.63, 3.8) is 0 Å². The van der Waals surface area contributed by atoms with E-state index in [9.17, 15) is 13.2 Å². The quantitative estimate of drug-likeness (QED) is 0.883. The number of nitrogens with one attached hydrogen (secondary N) is 1. The van der Waals surface area contributed by atoms with Gasteiger partial charge in [-0.3, -0.25) is 4.79 Å². The monoisotopic (exact) mass is 346 g/mol. The zero-order valence-corrected chi connectivity index (χ0v) is 13.8. The van der Waals surface area contributed by atoms with E-state index >= 15 is 0 Å².